The second kappa shape index (κ2) is 6.36. The molecule has 0 spiro atoms. The lowest BCUT2D eigenvalue weighted by atomic mass is 10.1. The summed E-state index contributed by atoms with van der Waals surface area (Å²) in [5.41, 5.74) is 3.07. The summed E-state index contributed by atoms with van der Waals surface area (Å²) < 4.78 is 50.7. The van der Waals surface area contributed by atoms with Crippen molar-refractivity contribution in [1.82, 2.24) is 5.32 Å². The number of rotatable bonds is 5. The van der Waals surface area contributed by atoms with Crippen LogP contribution in [0.3, 0.4) is 0 Å². The number of carbonyl (C=O) groups excluding carboxylic acids is 2. The van der Waals surface area contributed by atoms with Crippen molar-refractivity contribution in [3.8, 4) is 0 Å². The van der Waals surface area contributed by atoms with Gasteiger partial charge in [-0.2, -0.15) is 13.2 Å². The van der Waals surface area contributed by atoms with Crippen molar-refractivity contribution in [3.63, 3.8) is 0 Å². The van der Waals surface area contributed by atoms with Gasteiger partial charge in [-0.05, 0) is 24.6 Å². The average molecular weight is 292 g/mol. The highest BCUT2D eigenvalue weighted by atomic mass is 19.4. The first-order valence-corrected chi connectivity index (χ1v) is 5.65. The Labute approximate surface area is 111 Å². The van der Waals surface area contributed by atoms with Crippen LogP contribution in [0.4, 0.5) is 17.6 Å². The van der Waals surface area contributed by atoms with Crippen LogP contribution in [0.5, 0.6) is 0 Å². The Morgan fingerprint density at radius 3 is 2.45 bits per heavy atom. The largest absolute Gasteiger partial charge is 0.416 e. The Balaban J connectivity index is 2.74. The van der Waals surface area contributed by atoms with Crippen LogP contribution in [0.25, 0.3) is 0 Å². The van der Waals surface area contributed by atoms with E-state index < -0.39 is 34.9 Å². The number of hydrogen-bond acceptors (Lipinski definition) is 2. The van der Waals surface area contributed by atoms with Crippen molar-refractivity contribution in [3.05, 3.63) is 35.1 Å². The van der Waals surface area contributed by atoms with E-state index in [1.807, 2.05) is 0 Å². The van der Waals surface area contributed by atoms with Crippen molar-refractivity contribution >= 4 is 11.8 Å². The molecule has 0 bridgehead atoms. The number of nitrogens with one attached hydrogen (secondary N) is 1. The molecule has 0 aliphatic rings. The van der Waals surface area contributed by atoms with E-state index in [0.717, 1.165) is 0 Å². The molecule has 0 fully saturated rings. The molecule has 0 atom stereocenters. The highest BCUT2D eigenvalue weighted by Gasteiger charge is 2.31. The Morgan fingerprint density at radius 2 is 1.90 bits per heavy atom. The molecule has 1 aromatic carbocycles. The normalized spacial score (nSPS) is 11.2. The molecule has 3 N–H and O–H groups in total. The van der Waals surface area contributed by atoms with Gasteiger partial charge in [0.1, 0.15) is 5.82 Å². The standard InChI is InChI=1S/C12H12F4N2O2/c13-9-4-3-7(12(14,15)16)6-8(9)11(20)18-5-1-2-10(17)19/h3-4,6H,1-2,5H2,(H2,17,19)(H,18,20). The average Bonchev–Trinajstić information content (AvgIpc) is 2.33. The molecule has 0 aliphatic carbocycles. The van der Waals surface area contributed by atoms with E-state index >= 15 is 0 Å². The Kier molecular flexibility index (Phi) is 5.06. The van der Waals surface area contributed by atoms with Crippen LogP contribution in [0, 0.1) is 5.82 Å². The molecule has 4 nitrogen and oxygen atoms in total. The van der Waals surface area contributed by atoms with Crippen molar-refractivity contribution in [1.29, 1.82) is 0 Å². The minimum Gasteiger partial charge on any atom is -0.370 e. The summed E-state index contributed by atoms with van der Waals surface area (Å²) in [6, 6.07) is 1.58. The molecule has 0 heterocycles. The SMILES string of the molecule is NC(=O)CCCNC(=O)c1cc(C(F)(F)F)ccc1F. The number of alkyl halides is 3. The molecule has 2 amide bonds. The van der Waals surface area contributed by atoms with Crippen LogP contribution in [-0.4, -0.2) is 18.4 Å². The molecule has 8 heteroatoms. The highest BCUT2D eigenvalue weighted by molar-refractivity contribution is 5.94. The van der Waals surface area contributed by atoms with Gasteiger partial charge in [0, 0.05) is 13.0 Å². The topological polar surface area (TPSA) is 72.2 Å². The first-order valence-electron chi connectivity index (χ1n) is 5.65. The fraction of sp³-hybridized carbons (Fsp3) is 0.333. The number of nitrogens with two attached hydrogens (primary N) is 1. The highest BCUT2D eigenvalue weighted by Crippen LogP contribution is 2.30. The molecule has 110 valence electrons. The third kappa shape index (κ3) is 4.52. The van der Waals surface area contributed by atoms with E-state index in [2.05, 4.69) is 5.32 Å². The summed E-state index contributed by atoms with van der Waals surface area (Å²) in [6.07, 6.45) is -4.41. The lowest BCUT2D eigenvalue weighted by Gasteiger charge is -2.10. The zero-order valence-electron chi connectivity index (χ0n) is 10.3. The number of benzene rings is 1. The van der Waals surface area contributed by atoms with Crippen LogP contribution < -0.4 is 11.1 Å². The summed E-state index contributed by atoms with van der Waals surface area (Å²) >= 11 is 0. The first-order chi connectivity index (χ1) is 9.21. The van der Waals surface area contributed by atoms with E-state index in [1.165, 1.54) is 0 Å². The van der Waals surface area contributed by atoms with E-state index in [1.54, 1.807) is 0 Å². The van der Waals surface area contributed by atoms with Crippen molar-refractivity contribution in [2.75, 3.05) is 6.54 Å². The van der Waals surface area contributed by atoms with Gasteiger partial charge in [-0.25, -0.2) is 4.39 Å². The second-order valence-corrected chi connectivity index (χ2v) is 4.02. The van der Waals surface area contributed by atoms with Gasteiger partial charge in [0.05, 0.1) is 11.1 Å². The molecular formula is C12H12F4N2O2. The van der Waals surface area contributed by atoms with Crippen LogP contribution in [0.15, 0.2) is 18.2 Å². The minimum atomic E-state index is -4.66. The third-order valence-corrected chi connectivity index (χ3v) is 2.42. The Morgan fingerprint density at radius 1 is 1.25 bits per heavy atom. The number of amides is 2. The third-order valence-electron chi connectivity index (χ3n) is 2.42. The van der Waals surface area contributed by atoms with Gasteiger partial charge in [-0.15, -0.1) is 0 Å². The van der Waals surface area contributed by atoms with Gasteiger partial charge in [-0.3, -0.25) is 9.59 Å². The van der Waals surface area contributed by atoms with E-state index in [9.17, 15) is 27.2 Å². The quantitative estimate of drug-likeness (QED) is 0.642. The predicted molar refractivity (Wildman–Crippen MR) is 62.2 cm³/mol. The monoisotopic (exact) mass is 292 g/mol. The fourth-order valence-corrected chi connectivity index (χ4v) is 1.44. The van der Waals surface area contributed by atoms with Crippen LogP contribution >= 0.6 is 0 Å². The molecular weight excluding hydrogens is 280 g/mol. The van der Waals surface area contributed by atoms with E-state index in [-0.39, 0.29) is 19.4 Å². The first kappa shape index (κ1) is 15.9. The Bertz CT molecular complexity index is 515. The molecule has 0 radical (unpaired) electrons. The van der Waals surface area contributed by atoms with Crippen molar-refractivity contribution in [2.45, 2.75) is 19.0 Å². The van der Waals surface area contributed by atoms with E-state index in [4.69, 9.17) is 5.73 Å². The molecule has 0 aromatic heterocycles. The molecule has 1 aromatic rings. The molecule has 0 aliphatic heterocycles. The maximum Gasteiger partial charge on any atom is 0.416 e. The molecule has 0 saturated heterocycles. The number of carbonyl (C=O) groups is 2. The zero-order valence-corrected chi connectivity index (χ0v) is 10.3. The van der Waals surface area contributed by atoms with Gasteiger partial charge in [0.15, 0.2) is 0 Å². The lowest BCUT2D eigenvalue weighted by molar-refractivity contribution is -0.137. The lowest BCUT2D eigenvalue weighted by Crippen LogP contribution is -2.26. The van der Waals surface area contributed by atoms with Crippen LogP contribution in [0.2, 0.25) is 0 Å². The van der Waals surface area contributed by atoms with E-state index in [0.29, 0.717) is 18.2 Å². The maximum absolute atomic E-state index is 13.3. The summed E-state index contributed by atoms with van der Waals surface area (Å²) in [6.45, 7) is 0.0114. The van der Waals surface area contributed by atoms with Crippen LogP contribution in [0.1, 0.15) is 28.8 Å². The minimum absolute atomic E-state index is 0.0114. The maximum atomic E-state index is 13.3. The van der Waals surface area contributed by atoms with Crippen molar-refractivity contribution < 1.29 is 27.2 Å². The number of primary amides is 1. The van der Waals surface area contributed by atoms with Gasteiger partial charge in [0.25, 0.3) is 5.91 Å². The Hall–Kier alpha value is -2.12. The number of hydrogen-bond donors (Lipinski definition) is 2. The molecule has 0 saturated carbocycles. The fourth-order valence-electron chi connectivity index (χ4n) is 1.44. The summed E-state index contributed by atoms with van der Waals surface area (Å²) in [4.78, 5) is 22.0. The molecule has 1 rings (SSSR count). The smallest absolute Gasteiger partial charge is 0.370 e. The number of halogens is 4. The molecule has 20 heavy (non-hydrogen) atoms. The predicted octanol–water partition coefficient (Wildman–Crippen LogP) is 1.84. The summed E-state index contributed by atoms with van der Waals surface area (Å²) in [5.74, 6) is -2.59. The second-order valence-electron chi connectivity index (χ2n) is 4.02. The van der Waals surface area contributed by atoms with Gasteiger partial charge in [0.2, 0.25) is 5.91 Å². The van der Waals surface area contributed by atoms with Crippen LogP contribution in [-0.2, 0) is 11.0 Å². The van der Waals surface area contributed by atoms with Gasteiger partial charge >= 0.3 is 6.18 Å². The zero-order chi connectivity index (χ0) is 15.3. The summed E-state index contributed by atoms with van der Waals surface area (Å²) in [7, 11) is 0. The van der Waals surface area contributed by atoms with Gasteiger partial charge in [-0.1, -0.05) is 0 Å². The summed E-state index contributed by atoms with van der Waals surface area (Å²) in [5, 5.41) is 2.22. The molecule has 0 unspecified atom stereocenters. The van der Waals surface area contributed by atoms with Gasteiger partial charge < -0.3 is 11.1 Å². The van der Waals surface area contributed by atoms with Crippen molar-refractivity contribution in [2.24, 2.45) is 5.73 Å².